The van der Waals surface area contributed by atoms with E-state index in [2.05, 4.69) is 51.6 Å². The second-order valence-electron chi connectivity index (χ2n) is 7.74. The molecule has 0 aliphatic rings. The molecule has 0 atom stereocenters. The molecule has 2 aromatic carbocycles. The standard InChI is InChI=1S/2C13H13N5OS.2H2O/c2*1-9(11-8-14-6-7-15-11)17-18-13(20)16-10-4-2-3-5-12(10)19;;/h2*2-8,19H,1H3,(H2,16,18,20);2*1H2/b2*17-9+;;. The van der Waals surface area contributed by atoms with Gasteiger partial charge in [0, 0.05) is 24.8 Å². The fourth-order valence-corrected chi connectivity index (χ4v) is 3.13. The quantitative estimate of drug-likeness (QED) is 0.0798. The minimum absolute atomic E-state index is 0. The molecule has 0 saturated heterocycles. The number of hydrazone groups is 2. The van der Waals surface area contributed by atoms with E-state index in [1.54, 1.807) is 99.6 Å². The van der Waals surface area contributed by atoms with E-state index >= 15 is 0 Å². The number of nitrogens with one attached hydrogen (secondary N) is 4. The number of phenolic OH excluding ortho intramolecular Hbond substituents is 2. The van der Waals surface area contributed by atoms with Gasteiger partial charge in [0.15, 0.2) is 10.2 Å². The van der Waals surface area contributed by atoms with Crippen molar-refractivity contribution in [3.05, 3.63) is 97.1 Å². The van der Waals surface area contributed by atoms with Gasteiger partial charge in [0.2, 0.25) is 0 Å². The van der Waals surface area contributed by atoms with Crippen LogP contribution in [0.2, 0.25) is 0 Å². The summed E-state index contributed by atoms with van der Waals surface area (Å²) in [6.07, 6.45) is 9.59. The molecule has 0 saturated carbocycles. The first-order valence-electron chi connectivity index (χ1n) is 11.6. The lowest BCUT2D eigenvalue weighted by molar-refractivity contribution is 0.477. The summed E-state index contributed by atoms with van der Waals surface area (Å²) in [6.45, 7) is 3.58. The molecule has 0 aliphatic heterocycles. The molecule has 0 spiro atoms. The summed E-state index contributed by atoms with van der Waals surface area (Å²) in [5.74, 6) is 0.234. The lowest BCUT2D eigenvalue weighted by Gasteiger charge is -2.09. The zero-order valence-corrected chi connectivity index (χ0v) is 24.1. The van der Waals surface area contributed by atoms with Gasteiger partial charge in [0.25, 0.3) is 0 Å². The first-order valence-corrected chi connectivity index (χ1v) is 12.5. The highest BCUT2D eigenvalue weighted by atomic mass is 32.1. The maximum atomic E-state index is 9.61. The average molecular weight is 611 g/mol. The van der Waals surface area contributed by atoms with E-state index in [9.17, 15) is 10.2 Å². The SMILES string of the molecule is C/C(=N\NC(=S)Nc1ccccc1O)c1cnccn1.C/C(=N\NC(=S)Nc1ccccc1O)c1cnccn1.O.O. The predicted molar refractivity (Wildman–Crippen MR) is 171 cm³/mol. The van der Waals surface area contributed by atoms with Gasteiger partial charge in [0.1, 0.15) is 22.9 Å². The van der Waals surface area contributed by atoms with Gasteiger partial charge in [-0.15, -0.1) is 0 Å². The smallest absolute Gasteiger partial charge is 0.191 e. The third-order valence-electron chi connectivity index (χ3n) is 4.82. The van der Waals surface area contributed by atoms with E-state index in [1.807, 2.05) is 0 Å². The highest BCUT2D eigenvalue weighted by Gasteiger charge is 2.04. The molecule has 14 nitrogen and oxygen atoms in total. The van der Waals surface area contributed by atoms with E-state index in [-0.39, 0.29) is 32.7 Å². The summed E-state index contributed by atoms with van der Waals surface area (Å²) in [7, 11) is 0. The lowest BCUT2D eigenvalue weighted by atomic mass is 10.3. The van der Waals surface area contributed by atoms with Crippen LogP contribution in [0, 0.1) is 0 Å². The fraction of sp³-hybridized carbons (Fsp3) is 0.0769. The highest BCUT2D eigenvalue weighted by molar-refractivity contribution is 7.80. The number of thiocarbonyl (C=S) groups is 2. The molecule has 10 N–H and O–H groups in total. The fourth-order valence-electron chi connectivity index (χ4n) is 2.81. The van der Waals surface area contributed by atoms with Crippen LogP contribution >= 0.6 is 24.4 Å². The van der Waals surface area contributed by atoms with Crippen molar-refractivity contribution in [3.8, 4) is 11.5 Å². The molecular weight excluding hydrogens is 580 g/mol. The second kappa shape index (κ2) is 18.2. The van der Waals surface area contributed by atoms with Gasteiger partial charge >= 0.3 is 0 Å². The Morgan fingerprint density at radius 3 is 1.36 bits per heavy atom. The summed E-state index contributed by atoms with van der Waals surface area (Å²) in [5.41, 5.74) is 9.02. The monoisotopic (exact) mass is 610 g/mol. The van der Waals surface area contributed by atoms with Crippen LogP contribution in [0.5, 0.6) is 11.5 Å². The maximum Gasteiger partial charge on any atom is 0.191 e. The molecule has 220 valence electrons. The van der Waals surface area contributed by atoms with E-state index in [0.29, 0.717) is 34.2 Å². The van der Waals surface area contributed by atoms with Gasteiger partial charge in [-0.05, 0) is 62.5 Å². The van der Waals surface area contributed by atoms with Crippen LogP contribution < -0.4 is 21.5 Å². The Morgan fingerprint density at radius 2 is 1.02 bits per heavy atom. The molecular formula is C26H30N10O4S2. The Bertz CT molecular complexity index is 1380. The minimum atomic E-state index is 0. The molecule has 0 radical (unpaired) electrons. The van der Waals surface area contributed by atoms with Gasteiger partial charge in [-0.3, -0.25) is 30.8 Å². The third-order valence-corrected chi connectivity index (χ3v) is 5.21. The maximum absolute atomic E-state index is 9.61. The highest BCUT2D eigenvalue weighted by Crippen LogP contribution is 2.21. The summed E-state index contributed by atoms with van der Waals surface area (Å²) in [6, 6.07) is 13.6. The Labute approximate surface area is 252 Å². The zero-order valence-electron chi connectivity index (χ0n) is 22.5. The molecule has 0 aliphatic carbocycles. The van der Waals surface area contributed by atoms with Gasteiger partial charge in [-0.2, -0.15) is 10.2 Å². The topological polar surface area (TPSA) is 228 Å². The van der Waals surface area contributed by atoms with Crippen LogP contribution in [0.15, 0.2) is 95.9 Å². The van der Waals surface area contributed by atoms with Gasteiger partial charge in [-0.1, -0.05) is 24.3 Å². The number of hydrogen-bond acceptors (Lipinski definition) is 10. The number of rotatable bonds is 6. The summed E-state index contributed by atoms with van der Waals surface area (Å²) >= 11 is 10.2. The van der Waals surface area contributed by atoms with E-state index in [0.717, 1.165) is 0 Å². The normalized spacial score (nSPS) is 10.4. The first-order chi connectivity index (χ1) is 19.3. The summed E-state index contributed by atoms with van der Waals surface area (Å²) in [5, 5.41) is 33.7. The number of phenols is 2. The molecule has 42 heavy (non-hydrogen) atoms. The molecule has 16 heteroatoms. The third kappa shape index (κ3) is 11.5. The Morgan fingerprint density at radius 1 is 0.643 bits per heavy atom. The largest absolute Gasteiger partial charge is 0.506 e. The van der Waals surface area contributed by atoms with Crippen molar-refractivity contribution < 1.29 is 21.2 Å². The molecule has 2 aromatic heterocycles. The van der Waals surface area contributed by atoms with Crippen molar-refractivity contribution in [2.45, 2.75) is 13.8 Å². The Balaban J connectivity index is 0.000000401. The van der Waals surface area contributed by atoms with Crippen molar-refractivity contribution in [3.63, 3.8) is 0 Å². The Hall–Kier alpha value is -5.16. The van der Waals surface area contributed by atoms with E-state index < -0.39 is 0 Å². The van der Waals surface area contributed by atoms with Crippen LogP contribution in [0.4, 0.5) is 11.4 Å². The van der Waals surface area contributed by atoms with Crippen LogP contribution in [0.25, 0.3) is 0 Å². The van der Waals surface area contributed by atoms with Crippen molar-refractivity contribution in [1.29, 1.82) is 0 Å². The molecule has 4 rings (SSSR count). The van der Waals surface area contributed by atoms with Gasteiger partial charge < -0.3 is 31.8 Å². The number of aromatic nitrogens is 4. The molecule has 4 aromatic rings. The number of para-hydroxylation sites is 4. The van der Waals surface area contributed by atoms with E-state index in [1.165, 1.54) is 0 Å². The van der Waals surface area contributed by atoms with Crippen molar-refractivity contribution in [1.82, 2.24) is 30.8 Å². The number of benzene rings is 2. The Kier molecular flexibility index (Phi) is 15.1. The molecule has 2 heterocycles. The second-order valence-corrected chi connectivity index (χ2v) is 8.56. The van der Waals surface area contributed by atoms with Crippen LogP contribution in [-0.2, 0) is 0 Å². The van der Waals surface area contributed by atoms with Crippen molar-refractivity contribution >= 4 is 57.5 Å². The lowest BCUT2D eigenvalue weighted by Crippen LogP contribution is -2.25. The van der Waals surface area contributed by atoms with Crippen LogP contribution in [0.1, 0.15) is 25.2 Å². The molecule has 0 bridgehead atoms. The summed E-state index contributed by atoms with van der Waals surface area (Å²) in [4.78, 5) is 16.2. The van der Waals surface area contributed by atoms with Crippen LogP contribution in [0.3, 0.4) is 0 Å². The molecule has 0 fully saturated rings. The zero-order chi connectivity index (χ0) is 28.7. The number of anilines is 2. The molecule has 0 unspecified atom stereocenters. The number of nitrogens with zero attached hydrogens (tertiary/aromatic N) is 6. The van der Waals surface area contributed by atoms with Crippen molar-refractivity contribution in [2.75, 3.05) is 10.6 Å². The van der Waals surface area contributed by atoms with Crippen molar-refractivity contribution in [2.24, 2.45) is 10.2 Å². The van der Waals surface area contributed by atoms with Crippen LogP contribution in [-0.4, -0.2) is 62.7 Å². The van der Waals surface area contributed by atoms with Gasteiger partial charge in [-0.25, -0.2) is 0 Å². The molecule has 0 amide bonds. The predicted octanol–water partition coefficient (Wildman–Crippen LogP) is 2.14. The minimum Gasteiger partial charge on any atom is -0.506 e. The summed E-state index contributed by atoms with van der Waals surface area (Å²) < 4.78 is 0. The first kappa shape index (κ1) is 34.9. The van der Waals surface area contributed by atoms with E-state index in [4.69, 9.17) is 24.4 Å². The number of hydrogen-bond donors (Lipinski definition) is 6. The number of aromatic hydroxyl groups is 2. The average Bonchev–Trinajstić information content (AvgIpc) is 2.98. The van der Waals surface area contributed by atoms with Gasteiger partial charge in [0.05, 0.1) is 35.2 Å².